The van der Waals surface area contributed by atoms with Crippen molar-refractivity contribution in [3.8, 4) is 0 Å². The number of hydrogen-bond acceptors (Lipinski definition) is 2. The van der Waals surface area contributed by atoms with Crippen LogP contribution < -0.4 is 0 Å². The number of carboxylic acids is 1. The first-order chi connectivity index (χ1) is 8.20. The Balaban J connectivity index is 2.35. The number of hydrogen-bond donors (Lipinski definition) is 2. The lowest BCUT2D eigenvalue weighted by Crippen LogP contribution is -2.04. The van der Waals surface area contributed by atoms with E-state index in [1.807, 2.05) is 12.1 Å². The van der Waals surface area contributed by atoms with Crippen LogP contribution in [0.1, 0.15) is 29.5 Å². The lowest BCUT2D eigenvalue weighted by molar-refractivity contribution is -0.131. The molecule has 2 rings (SSSR count). The van der Waals surface area contributed by atoms with E-state index in [-0.39, 0.29) is 6.61 Å². The standard InChI is InChI=1S/C14H16O3/c15-9-13(8-14(16)17)12-6-5-10-3-1-2-4-11(10)7-12/h5-8,15H,1-4,9H2,(H,16,17)/b13-8+. The number of aliphatic carboxylic acids is 1. The minimum Gasteiger partial charge on any atom is -0.478 e. The summed E-state index contributed by atoms with van der Waals surface area (Å²) in [6.45, 7) is -0.245. The third-order valence-electron chi connectivity index (χ3n) is 3.19. The van der Waals surface area contributed by atoms with Crippen molar-refractivity contribution in [2.75, 3.05) is 6.61 Å². The fraction of sp³-hybridized carbons (Fsp3) is 0.357. The van der Waals surface area contributed by atoms with E-state index in [1.165, 1.54) is 24.0 Å². The van der Waals surface area contributed by atoms with E-state index >= 15 is 0 Å². The molecule has 2 N–H and O–H groups in total. The van der Waals surface area contributed by atoms with Gasteiger partial charge in [0.15, 0.2) is 0 Å². The molecule has 17 heavy (non-hydrogen) atoms. The molecule has 0 atom stereocenters. The Morgan fingerprint density at radius 2 is 1.94 bits per heavy atom. The van der Waals surface area contributed by atoms with Crippen LogP contribution in [-0.2, 0) is 17.6 Å². The van der Waals surface area contributed by atoms with Crippen molar-refractivity contribution >= 4 is 11.5 Å². The molecule has 0 aliphatic heterocycles. The molecule has 1 aliphatic rings. The maximum atomic E-state index is 10.6. The number of benzene rings is 1. The molecule has 0 saturated carbocycles. The number of fused-ring (bicyclic) bond motifs is 1. The van der Waals surface area contributed by atoms with E-state index in [0.717, 1.165) is 24.5 Å². The summed E-state index contributed by atoms with van der Waals surface area (Å²) in [5.74, 6) is -1.02. The molecule has 90 valence electrons. The normalized spacial score (nSPS) is 15.5. The Bertz CT molecular complexity index is 461. The van der Waals surface area contributed by atoms with Crippen LogP contribution in [0.3, 0.4) is 0 Å². The molecule has 0 bridgehead atoms. The van der Waals surface area contributed by atoms with Crippen LogP contribution in [0.15, 0.2) is 24.3 Å². The molecule has 0 fully saturated rings. The molecule has 3 heteroatoms. The van der Waals surface area contributed by atoms with Crippen molar-refractivity contribution in [2.45, 2.75) is 25.7 Å². The highest BCUT2D eigenvalue weighted by Gasteiger charge is 2.11. The molecule has 3 nitrogen and oxygen atoms in total. The van der Waals surface area contributed by atoms with Gasteiger partial charge in [-0.05, 0) is 47.9 Å². The largest absolute Gasteiger partial charge is 0.478 e. The average molecular weight is 232 g/mol. The lowest BCUT2D eigenvalue weighted by atomic mass is 9.89. The van der Waals surface area contributed by atoms with Gasteiger partial charge < -0.3 is 10.2 Å². The molecule has 0 amide bonds. The van der Waals surface area contributed by atoms with E-state index in [9.17, 15) is 9.90 Å². The SMILES string of the molecule is O=C(O)/C=C(\CO)c1ccc2c(c1)CCCC2. The zero-order chi connectivity index (χ0) is 12.3. The van der Waals surface area contributed by atoms with Gasteiger partial charge in [0.1, 0.15) is 0 Å². The second kappa shape index (κ2) is 5.15. The van der Waals surface area contributed by atoms with Gasteiger partial charge in [-0.1, -0.05) is 18.2 Å². The van der Waals surface area contributed by atoms with Crippen molar-refractivity contribution in [2.24, 2.45) is 0 Å². The summed E-state index contributed by atoms with van der Waals surface area (Å²) >= 11 is 0. The molecule has 0 spiro atoms. The van der Waals surface area contributed by atoms with Gasteiger partial charge in [0, 0.05) is 6.08 Å². The highest BCUT2D eigenvalue weighted by molar-refractivity contribution is 5.90. The van der Waals surface area contributed by atoms with Gasteiger partial charge in [-0.25, -0.2) is 4.79 Å². The summed E-state index contributed by atoms with van der Waals surface area (Å²) in [5, 5.41) is 17.9. The number of aliphatic hydroxyl groups excluding tert-OH is 1. The van der Waals surface area contributed by atoms with E-state index in [1.54, 1.807) is 0 Å². The van der Waals surface area contributed by atoms with Crippen molar-refractivity contribution in [3.05, 3.63) is 41.0 Å². The van der Waals surface area contributed by atoms with E-state index in [4.69, 9.17) is 5.11 Å². The molecule has 0 aromatic heterocycles. The summed E-state index contributed by atoms with van der Waals surface area (Å²) < 4.78 is 0. The van der Waals surface area contributed by atoms with Crippen LogP contribution in [-0.4, -0.2) is 22.8 Å². The first-order valence-electron chi connectivity index (χ1n) is 5.87. The summed E-state index contributed by atoms with van der Waals surface area (Å²) in [4.78, 5) is 10.6. The van der Waals surface area contributed by atoms with Crippen molar-refractivity contribution < 1.29 is 15.0 Å². The third kappa shape index (κ3) is 2.74. The first kappa shape index (κ1) is 11.9. The van der Waals surface area contributed by atoms with Gasteiger partial charge in [0.25, 0.3) is 0 Å². The Hall–Kier alpha value is -1.61. The van der Waals surface area contributed by atoms with Crippen LogP contribution in [0.4, 0.5) is 0 Å². The lowest BCUT2D eigenvalue weighted by Gasteiger charge is -2.17. The smallest absolute Gasteiger partial charge is 0.328 e. The summed E-state index contributed by atoms with van der Waals surface area (Å²) in [7, 11) is 0. The minimum absolute atomic E-state index is 0.245. The second-order valence-corrected chi connectivity index (χ2v) is 4.36. The third-order valence-corrected chi connectivity index (χ3v) is 3.19. The average Bonchev–Trinajstić information content (AvgIpc) is 2.35. The van der Waals surface area contributed by atoms with Gasteiger partial charge in [-0.2, -0.15) is 0 Å². The van der Waals surface area contributed by atoms with E-state index in [2.05, 4.69) is 6.07 Å². The van der Waals surface area contributed by atoms with Crippen LogP contribution >= 0.6 is 0 Å². The Morgan fingerprint density at radius 1 is 1.24 bits per heavy atom. The fourth-order valence-electron chi connectivity index (χ4n) is 2.30. The maximum absolute atomic E-state index is 10.6. The Morgan fingerprint density at radius 3 is 2.59 bits per heavy atom. The topological polar surface area (TPSA) is 57.5 Å². The van der Waals surface area contributed by atoms with Gasteiger partial charge in [-0.15, -0.1) is 0 Å². The Kier molecular flexibility index (Phi) is 3.59. The van der Waals surface area contributed by atoms with E-state index < -0.39 is 5.97 Å². The molecular weight excluding hydrogens is 216 g/mol. The Labute approximate surface area is 100 Å². The van der Waals surface area contributed by atoms with Gasteiger partial charge >= 0.3 is 5.97 Å². The maximum Gasteiger partial charge on any atom is 0.328 e. The highest BCUT2D eigenvalue weighted by atomic mass is 16.4. The molecule has 1 aliphatic carbocycles. The van der Waals surface area contributed by atoms with Gasteiger partial charge in [-0.3, -0.25) is 0 Å². The van der Waals surface area contributed by atoms with Crippen molar-refractivity contribution in [1.29, 1.82) is 0 Å². The number of rotatable bonds is 3. The van der Waals surface area contributed by atoms with Crippen LogP contribution in [0, 0.1) is 0 Å². The molecule has 0 radical (unpaired) electrons. The highest BCUT2D eigenvalue weighted by Crippen LogP contribution is 2.25. The van der Waals surface area contributed by atoms with Crippen LogP contribution in [0.25, 0.3) is 5.57 Å². The predicted octanol–water partition coefficient (Wildman–Crippen LogP) is 2.03. The first-order valence-corrected chi connectivity index (χ1v) is 5.87. The summed E-state index contributed by atoms with van der Waals surface area (Å²) in [6, 6.07) is 5.96. The zero-order valence-electron chi connectivity index (χ0n) is 9.65. The molecule has 1 aromatic carbocycles. The van der Waals surface area contributed by atoms with Crippen molar-refractivity contribution in [1.82, 2.24) is 0 Å². The van der Waals surface area contributed by atoms with Crippen LogP contribution in [0.2, 0.25) is 0 Å². The monoisotopic (exact) mass is 232 g/mol. The van der Waals surface area contributed by atoms with Gasteiger partial charge in [0.05, 0.1) is 6.61 Å². The second-order valence-electron chi connectivity index (χ2n) is 4.36. The number of aliphatic hydroxyl groups is 1. The molecule has 0 saturated heterocycles. The predicted molar refractivity (Wildman–Crippen MR) is 65.8 cm³/mol. The van der Waals surface area contributed by atoms with Gasteiger partial charge in [0.2, 0.25) is 0 Å². The van der Waals surface area contributed by atoms with Crippen LogP contribution in [0.5, 0.6) is 0 Å². The molecular formula is C14H16O3. The number of aryl methyl sites for hydroxylation is 2. The molecule has 1 aromatic rings. The van der Waals surface area contributed by atoms with Crippen molar-refractivity contribution in [3.63, 3.8) is 0 Å². The minimum atomic E-state index is -1.02. The molecule has 0 heterocycles. The summed E-state index contributed by atoms with van der Waals surface area (Å²) in [6.07, 6.45) is 5.64. The summed E-state index contributed by atoms with van der Waals surface area (Å²) in [5.41, 5.74) is 3.92. The zero-order valence-corrected chi connectivity index (χ0v) is 9.65. The number of carbonyl (C=O) groups is 1. The quantitative estimate of drug-likeness (QED) is 0.784. The molecule has 0 unspecified atom stereocenters. The van der Waals surface area contributed by atoms with E-state index in [0.29, 0.717) is 5.57 Å². The number of carboxylic acid groups (broad SMARTS) is 1. The fourth-order valence-corrected chi connectivity index (χ4v) is 2.30.